The topological polar surface area (TPSA) is 86.9 Å². The Morgan fingerprint density at radius 1 is 1.17 bits per heavy atom. The lowest BCUT2D eigenvalue weighted by Crippen LogP contribution is -2.33. The van der Waals surface area contributed by atoms with Gasteiger partial charge in [0.05, 0.1) is 6.54 Å². The molecule has 1 aliphatic rings. The van der Waals surface area contributed by atoms with Crippen LogP contribution in [0.5, 0.6) is 0 Å². The van der Waals surface area contributed by atoms with Crippen molar-refractivity contribution in [2.24, 2.45) is 0 Å². The molecular formula is C18H22N4O2. The molecule has 24 heavy (non-hydrogen) atoms. The molecule has 6 heteroatoms. The minimum absolute atomic E-state index is 0.0861. The fourth-order valence-corrected chi connectivity index (χ4v) is 2.87. The van der Waals surface area contributed by atoms with Gasteiger partial charge in [0.15, 0.2) is 0 Å². The highest BCUT2D eigenvalue weighted by Gasteiger charge is 2.26. The molecule has 2 aromatic rings. The molecule has 1 aliphatic carbocycles. The molecule has 0 radical (unpaired) electrons. The van der Waals surface area contributed by atoms with E-state index in [1.54, 1.807) is 6.07 Å². The Kier molecular flexibility index (Phi) is 4.38. The quantitative estimate of drug-likeness (QED) is 0.789. The fraction of sp³-hybridized carbons (Fsp3) is 0.389. The summed E-state index contributed by atoms with van der Waals surface area (Å²) >= 11 is 0. The molecule has 6 nitrogen and oxygen atoms in total. The van der Waals surface area contributed by atoms with Crippen LogP contribution in [0.3, 0.4) is 0 Å². The number of hydrogen-bond acceptors (Lipinski definition) is 3. The van der Waals surface area contributed by atoms with Gasteiger partial charge in [-0.05, 0) is 50.8 Å². The van der Waals surface area contributed by atoms with Crippen LogP contribution in [-0.2, 0) is 4.79 Å². The van der Waals surface area contributed by atoms with Crippen molar-refractivity contribution in [1.29, 1.82) is 0 Å². The summed E-state index contributed by atoms with van der Waals surface area (Å²) in [5, 5.41) is 12.4. The highest BCUT2D eigenvalue weighted by Crippen LogP contribution is 2.38. The van der Waals surface area contributed by atoms with Crippen molar-refractivity contribution < 1.29 is 9.59 Å². The van der Waals surface area contributed by atoms with Crippen LogP contribution in [0.2, 0.25) is 0 Å². The van der Waals surface area contributed by atoms with Crippen LogP contribution in [0, 0.1) is 20.8 Å². The van der Waals surface area contributed by atoms with E-state index < -0.39 is 0 Å². The third-order valence-electron chi connectivity index (χ3n) is 4.20. The Morgan fingerprint density at radius 2 is 1.83 bits per heavy atom. The average molecular weight is 326 g/mol. The lowest BCUT2D eigenvalue weighted by atomic mass is 10.1. The zero-order chi connectivity index (χ0) is 17.3. The lowest BCUT2D eigenvalue weighted by Gasteiger charge is -2.13. The molecule has 0 saturated heterocycles. The molecule has 2 amide bonds. The van der Waals surface area contributed by atoms with E-state index in [9.17, 15) is 9.59 Å². The van der Waals surface area contributed by atoms with Crippen LogP contribution < -0.4 is 10.6 Å². The van der Waals surface area contributed by atoms with Crippen LogP contribution in [0.25, 0.3) is 0 Å². The van der Waals surface area contributed by atoms with Gasteiger partial charge in [0, 0.05) is 17.3 Å². The van der Waals surface area contributed by atoms with Crippen LogP contribution in [0.15, 0.2) is 18.2 Å². The highest BCUT2D eigenvalue weighted by atomic mass is 16.2. The number of benzene rings is 1. The second-order valence-corrected chi connectivity index (χ2v) is 6.49. The van der Waals surface area contributed by atoms with Crippen molar-refractivity contribution in [3.8, 4) is 0 Å². The summed E-state index contributed by atoms with van der Waals surface area (Å²) in [4.78, 5) is 24.2. The van der Waals surface area contributed by atoms with Crippen molar-refractivity contribution in [3.05, 3.63) is 46.3 Å². The summed E-state index contributed by atoms with van der Waals surface area (Å²) in [5.41, 5.74) is 5.29. The van der Waals surface area contributed by atoms with Gasteiger partial charge in [0.1, 0.15) is 5.69 Å². The second-order valence-electron chi connectivity index (χ2n) is 6.49. The lowest BCUT2D eigenvalue weighted by molar-refractivity contribution is -0.115. The number of amides is 2. The highest BCUT2D eigenvalue weighted by molar-refractivity contribution is 5.99. The minimum Gasteiger partial charge on any atom is -0.342 e. The second kappa shape index (κ2) is 6.47. The molecule has 126 valence electrons. The molecule has 0 spiro atoms. The Balaban J connectivity index is 1.56. The Hall–Kier alpha value is -2.63. The van der Waals surface area contributed by atoms with Crippen LogP contribution in [0.1, 0.15) is 51.6 Å². The molecule has 0 unspecified atom stereocenters. The summed E-state index contributed by atoms with van der Waals surface area (Å²) in [6.45, 7) is 5.84. The Bertz CT molecular complexity index is 767. The van der Waals surface area contributed by atoms with Gasteiger partial charge >= 0.3 is 0 Å². The molecule has 3 N–H and O–H groups in total. The third kappa shape index (κ3) is 3.64. The fourth-order valence-electron chi connectivity index (χ4n) is 2.87. The first kappa shape index (κ1) is 16.2. The van der Waals surface area contributed by atoms with Gasteiger partial charge in [0.25, 0.3) is 5.91 Å². The zero-order valence-corrected chi connectivity index (χ0v) is 14.2. The van der Waals surface area contributed by atoms with Crippen molar-refractivity contribution in [3.63, 3.8) is 0 Å². The standard InChI is InChI=1S/C18H22N4O2/c1-10-6-11(2)17(12(3)7-10)20-16(23)9-19-18(24)15-8-14(21-22-15)13-4-5-13/h6-8,13H,4-5,9H2,1-3H3,(H,19,24)(H,20,23)(H,21,22). The number of aryl methyl sites for hydroxylation is 3. The number of nitrogens with one attached hydrogen (secondary N) is 3. The SMILES string of the molecule is Cc1cc(C)c(NC(=O)CNC(=O)c2cc(C3CC3)[nH]n2)c(C)c1. The van der Waals surface area contributed by atoms with Crippen molar-refractivity contribution in [2.45, 2.75) is 39.5 Å². The van der Waals surface area contributed by atoms with E-state index in [-0.39, 0.29) is 18.4 Å². The van der Waals surface area contributed by atoms with Gasteiger partial charge in [-0.3, -0.25) is 14.7 Å². The number of carbonyl (C=O) groups is 2. The first-order valence-corrected chi connectivity index (χ1v) is 8.15. The van der Waals surface area contributed by atoms with Gasteiger partial charge in [-0.15, -0.1) is 0 Å². The first-order chi connectivity index (χ1) is 11.4. The van der Waals surface area contributed by atoms with E-state index in [1.807, 2.05) is 32.9 Å². The molecule has 1 fully saturated rings. The third-order valence-corrected chi connectivity index (χ3v) is 4.20. The minimum atomic E-state index is -0.342. The number of nitrogens with zero attached hydrogens (tertiary/aromatic N) is 1. The van der Waals surface area contributed by atoms with Gasteiger partial charge in [-0.1, -0.05) is 17.7 Å². The largest absolute Gasteiger partial charge is 0.342 e. The molecule has 0 aliphatic heterocycles. The Morgan fingerprint density at radius 3 is 2.46 bits per heavy atom. The number of carbonyl (C=O) groups excluding carboxylic acids is 2. The van der Waals surface area contributed by atoms with Gasteiger partial charge in [-0.2, -0.15) is 5.10 Å². The average Bonchev–Trinajstić information content (AvgIpc) is 3.25. The Labute approximate surface area is 141 Å². The summed E-state index contributed by atoms with van der Waals surface area (Å²) in [6.07, 6.45) is 2.28. The van der Waals surface area contributed by atoms with Crippen LogP contribution >= 0.6 is 0 Å². The van der Waals surface area contributed by atoms with Crippen molar-refractivity contribution in [2.75, 3.05) is 11.9 Å². The number of hydrogen-bond donors (Lipinski definition) is 3. The number of anilines is 1. The monoisotopic (exact) mass is 326 g/mol. The molecule has 0 bridgehead atoms. The van der Waals surface area contributed by atoms with Crippen LogP contribution in [0.4, 0.5) is 5.69 Å². The summed E-state index contributed by atoms with van der Waals surface area (Å²) < 4.78 is 0. The van der Waals surface area contributed by atoms with Crippen molar-refractivity contribution in [1.82, 2.24) is 15.5 Å². The van der Waals surface area contributed by atoms with E-state index in [0.717, 1.165) is 40.9 Å². The maximum absolute atomic E-state index is 12.1. The number of aromatic nitrogens is 2. The first-order valence-electron chi connectivity index (χ1n) is 8.15. The summed E-state index contributed by atoms with van der Waals surface area (Å²) in [6, 6.07) is 5.80. The molecule has 1 heterocycles. The molecule has 3 rings (SSSR count). The van der Waals surface area contributed by atoms with E-state index in [4.69, 9.17) is 0 Å². The molecular weight excluding hydrogens is 304 g/mol. The van der Waals surface area contributed by atoms with E-state index in [0.29, 0.717) is 11.6 Å². The predicted octanol–water partition coefficient (Wildman–Crippen LogP) is 2.58. The van der Waals surface area contributed by atoms with E-state index in [2.05, 4.69) is 20.8 Å². The molecule has 1 saturated carbocycles. The number of aromatic amines is 1. The number of H-pyrrole nitrogens is 1. The maximum atomic E-state index is 12.1. The van der Waals surface area contributed by atoms with Crippen molar-refractivity contribution >= 4 is 17.5 Å². The zero-order valence-electron chi connectivity index (χ0n) is 14.2. The van der Waals surface area contributed by atoms with Gasteiger partial charge in [0.2, 0.25) is 5.91 Å². The smallest absolute Gasteiger partial charge is 0.272 e. The van der Waals surface area contributed by atoms with Gasteiger partial charge in [-0.25, -0.2) is 0 Å². The van der Waals surface area contributed by atoms with Gasteiger partial charge < -0.3 is 10.6 Å². The molecule has 0 atom stereocenters. The predicted molar refractivity (Wildman–Crippen MR) is 92.2 cm³/mol. The van der Waals surface area contributed by atoms with E-state index >= 15 is 0 Å². The van der Waals surface area contributed by atoms with E-state index in [1.165, 1.54) is 0 Å². The summed E-state index contributed by atoms with van der Waals surface area (Å²) in [5.74, 6) is -0.0863. The normalized spacial score (nSPS) is 13.6. The van der Waals surface area contributed by atoms with Crippen LogP contribution in [-0.4, -0.2) is 28.6 Å². The summed E-state index contributed by atoms with van der Waals surface area (Å²) in [7, 11) is 0. The maximum Gasteiger partial charge on any atom is 0.272 e. The molecule has 1 aromatic heterocycles. The number of rotatable bonds is 5. The molecule has 1 aromatic carbocycles.